The number of carbonyl (C=O) groups is 1. The normalized spacial score (nSPS) is 29.9. The van der Waals surface area contributed by atoms with E-state index in [1.54, 1.807) is 12.1 Å². The van der Waals surface area contributed by atoms with Crippen LogP contribution in [-0.4, -0.2) is 55.9 Å². The summed E-state index contributed by atoms with van der Waals surface area (Å²) in [5, 5.41) is 32.2. The number of carboxylic acids is 1. The van der Waals surface area contributed by atoms with Crippen LogP contribution < -0.4 is 5.56 Å². The van der Waals surface area contributed by atoms with Gasteiger partial charge in [-0.1, -0.05) is 6.07 Å². The summed E-state index contributed by atoms with van der Waals surface area (Å²) < 4.78 is 0. The Morgan fingerprint density at radius 3 is 2.69 bits per heavy atom. The van der Waals surface area contributed by atoms with E-state index < -0.39 is 22.5 Å². The molecule has 0 amide bonds. The van der Waals surface area contributed by atoms with Gasteiger partial charge in [-0.25, -0.2) is 4.79 Å². The average Bonchev–Trinajstić information content (AvgIpc) is 3.55. The number of piperidine rings is 1. The average molecular weight is 439 g/mol. The van der Waals surface area contributed by atoms with Crippen molar-refractivity contribution in [1.29, 1.82) is 0 Å². The first-order chi connectivity index (χ1) is 15.1. The summed E-state index contributed by atoms with van der Waals surface area (Å²) in [6.07, 6.45) is 3.78. The Morgan fingerprint density at radius 1 is 1.25 bits per heavy atom. The number of rotatable bonds is 4. The number of nitrogens with zero attached hydrogens (tertiary/aromatic N) is 1. The molecule has 2 fully saturated rings. The third-order valence-electron chi connectivity index (χ3n) is 8.20. The van der Waals surface area contributed by atoms with E-state index in [4.69, 9.17) is 0 Å². The summed E-state index contributed by atoms with van der Waals surface area (Å²) in [5.41, 5.74) is 0.433. The van der Waals surface area contributed by atoms with Gasteiger partial charge >= 0.3 is 5.97 Å². The third kappa shape index (κ3) is 3.10. The van der Waals surface area contributed by atoms with Crippen LogP contribution in [0.15, 0.2) is 29.1 Å². The SMILES string of the molecule is Cc1ccc(O)cc1C12CCN(CC3CC3)C(C)C1(O)Cc1cc(C(=O)O)c(=O)[nH]c1C2. The minimum atomic E-state index is -1.27. The summed E-state index contributed by atoms with van der Waals surface area (Å²) in [5.74, 6) is -0.438. The molecule has 1 saturated carbocycles. The summed E-state index contributed by atoms with van der Waals surface area (Å²) in [7, 11) is 0. The number of fused-ring (bicyclic) bond motifs is 2. The summed E-state index contributed by atoms with van der Waals surface area (Å²) in [6, 6.07) is 6.54. The quantitative estimate of drug-likeness (QED) is 0.583. The van der Waals surface area contributed by atoms with Gasteiger partial charge < -0.3 is 20.3 Å². The van der Waals surface area contributed by atoms with Crippen molar-refractivity contribution in [1.82, 2.24) is 9.88 Å². The van der Waals surface area contributed by atoms with Crippen LogP contribution in [0.25, 0.3) is 0 Å². The molecule has 3 unspecified atom stereocenters. The maximum Gasteiger partial charge on any atom is 0.341 e. The van der Waals surface area contributed by atoms with Crippen LogP contribution in [0.4, 0.5) is 0 Å². The number of aromatic nitrogens is 1. The van der Waals surface area contributed by atoms with Crippen LogP contribution in [0.5, 0.6) is 5.75 Å². The molecule has 0 spiro atoms. The highest BCUT2D eigenvalue weighted by atomic mass is 16.4. The minimum absolute atomic E-state index is 0.149. The van der Waals surface area contributed by atoms with Crippen molar-refractivity contribution < 1.29 is 20.1 Å². The van der Waals surface area contributed by atoms with E-state index in [1.165, 1.54) is 18.9 Å². The number of likely N-dealkylation sites (tertiary alicyclic amines) is 1. The van der Waals surface area contributed by atoms with Crippen molar-refractivity contribution in [2.45, 2.75) is 63.0 Å². The molecule has 7 nitrogen and oxygen atoms in total. The molecule has 3 aliphatic rings. The Bertz CT molecular complexity index is 1150. The number of aromatic hydroxyl groups is 1. The largest absolute Gasteiger partial charge is 0.508 e. The number of phenols is 1. The van der Waals surface area contributed by atoms with Gasteiger partial charge in [0.1, 0.15) is 11.3 Å². The van der Waals surface area contributed by atoms with E-state index in [-0.39, 0.29) is 23.8 Å². The van der Waals surface area contributed by atoms with Crippen LogP contribution in [0.2, 0.25) is 0 Å². The Labute approximate surface area is 186 Å². The number of aryl methyl sites for hydroxylation is 1. The zero-order chi connectivity index (χ0) is 22.8. The number of H-pyrrole nitrogens is 1. The van der Waals surface area contributed by atoms with Crippen LogP contribution in [0, 0.1) is 12.8 Å². The van der Waals surface area contributed by atoms with Crippen molar-refractivity contribution in [3.63, 3.8) is 0 Å². The van der Waals surface area contributed by atoms with Gasteiger partial charge in [0.05, 0.1) is 5.60 Å². The smallest absolute Gasteiger partial charge is 0.341 e. The van der Waals surface area contributed by atoms with Gasteiger partial charge in [0.2, 0.25) is 0 Å². The molecule has 0 bridgehead atoms. The highest BCUT2D eigenvalue weighted by molar-refractivity contribution is 5.87. The van der Waals surface area contributed by atoms with Crippen molar-refractivity contribution in [2.24, 2.45) is 5.92 Å². The third-order valence-corrected chi connectivity index (χ3v) is 8.20. The predicted molar refractivity (Wildman–Crippen MR) is 119 cm³/mol. The highest BCUT2D eigenvalue weighted by Gasteiger charge is 2.61. The standard InChI is InChI=1S/C25H30N2O5/c1-14-3-6-18(28)10-20(14)24-7-8-27(13-16-4-5-16)15(2)25(24,32)11-17-9-19(23(30)31)22(29)26-21(17)12-24/h3,6,9-10,15-16,28,32H,4-5,7-8,11-13H2,1-2H3,(H,26,29)(H,30,31). The molecule has 1 aliphatic heterocycles. The zero-order valence-corrected chi connectivity index (χ0v) is 18.5. The number of hydrogen-bond acceptors (Lipinski definition) is 5. The molecule has 2 aromatic rings. The topological polar surface area (TPSA) is 114 Å². The van der Waals surface area contributed by atoms with Gasteiger partial charge in [-0.05, 0) is 80.5 Å². The molecule has 1 aromatic carbocycles. The maximum absolute atomic E-state index is 12.5. The zero-order valence-electron chi connectivity index (χ0n) is 18.5. The maximum atomic E-state index is 12.5. The second-order valence-corrected chi connectivity index (χ2v) is 10.0. The second-order valence-electron chi connectivity index (χ2n) is 10.0. The first-order valence-electron chi connectivity index (χ1n) is 11.4. The van der Waals surface area contributed by atoms with E-state index in [9.17, 15) is 24.9 Å². The first-order valence-corrected chi connectivity index (χ1v) is 11.4. The van der Waals surface area contributed by atoms with Crippen molar-refractivity contribution in [2.75, 3.05) is 13.1 Å². The van der Waals surface area contributed by atoms with Crippen LogP contribution in [0.1, 0.15) is 58.9 Å². The molecule has 32 heavy (non-hydrogen) atoms. The van der Waals surface area contributed by atoms with Gasteiger partial charge in [0, 0.05) is 36.5 Å². The number of hydrogen-bond donors (Lipinski definition) is 4. The molecule has 2 aliphatic carbocycles. The van der Waals surface area contributed by atoms with Crippen LogP contribution in [-0.2, 0) is 18.3 Å². The Morgan fingerprint density at radius 2 is 2.00 bits per heavy atom. The van der Waals surface area contributed by atoms with E-state index in [1.807, 2.05) is 13.0 Å². The summed E-state index contributed by atoms with van der Waals surface area (Å²) in [6.45, 7) is 5.82. The number of aromatic carboxylic acids is 1. The lowest BCUT2D eigenvalue weighted by atomic mass is 9.53. The van der Waals surface area contributed by atoms with Crippen LogP contribution in [0.3, 0.4) is 0 Å². The molecule has 1 aromatic heterocycles. The Balaban J connectivity index is 1.69. The number of aromatic amines is 1. The van der Waals surface area contributed by atoms with Crippen LogP contribution >= 0.6 is 0 Å². The minimum Gasteiger partial charge on any atom is -0.508 e. The molecule has 1 saturated heterocycles. The second kappa shape index (κ2) is 7.18. The summed E-state index contributed by atoms with van der Waals surface area (Å²) >= 11 is 0. The monoisotopic (exact) mass is 438 g/mol. The molecule has 3 atom stereocenters. The first kappa shape index (κ1) is 21.2. The van der Waals surface area contributed by atoms with Gasteiger partial charge in [-0.3, -0.25) is 9.69 Å². The number of nitrogens with one attached hydrogen (secondary N) is 1. The highest BCUT2D eigenvalue weighted by Crippen LogP contribution is 2.54. The predicted octanol–water partition coefficient (Wildman–Crippen LogP) is 2.36. The fraction of sp³-hybridized carbons (Fsp3) is 0.520. The molecule has 2 heterocycles. The lowest BCUT2D eigenvalue weighted by molar-refractivity contribution is -0.139. The van der Waals surface area contributed by atoms with Crippen molar-refractivity contribution in [3.8, 4) is 5.75 Å². The van der Waals surface area contributed by atoms with Gasteiger partial charge in [0.15, 0.2) is 0 Å². The lowest BCUT2D eigenvalue weighted by Crippen LogP contribution is -2.71. The number of phenolic OH excluding ortho intramolecular Hbond substituents is 1. The number of pyridine rings is 1. The Hall–Kier alpha value is -2.64. The number of carboxylic acid groups (broad SMARTS) is 1. The van der Waals surface area contributed by atoms with Gasteiger partial charge in [-0.15, -0.1) is 0 Å². The van der Waals surface area contributed by atoms with Gasteiger partial charge in [0.25, 0.3) is 5.56 Å². The molecule has 0 radical (unpaired) electrons. The molecule has 4 N–H and O–H groups in total. The molecular weight excluding hydrogens is 408 g/mol. The van der Waals surface area contributed by atoms with Crippen molar-refractivity contribution >= 4 is 5.97 Å². The van der Waals surface area contributed by atoms with Crippen molar-refractivity contribution in [3.05, 3.63) is 62.6 Å². The van der Waals surface area contributed by atoms with E-state index in [2.05, 4.69) is 16.8 Å². The van der Waals surface area contributed by atoms with Gasteiger partial charge in [-0.2, -0.15) is 0 Å². The lowest BCUT2D eigenvalue weighted by Gasteiger charge is -2.60. The van der Waals surface area contributed by atoms with E-state index in [0.717, 1.165) is 24.2 Å². The van der Waals surface area contributed by atoms with E-state index >= 15 is 0 Å². The summed E-state index contributed by atoms with van der Waals surface area (Å²) in [4.78, 5) is 29.2. The molecule has 5 rings (SSSR count). The molecule has 170 valence electrons. The number of aliphatic hydroxyl groups is 1. The number of benzene rings is 1. The fourth-order valence-corrected chi connectivity index (χ4v) is 6.15. The molecule has 7 heteroatoms. The molecular formula is C25H30N2O5. The fourth-order valence-electron chi connectivity index (χ4n) is 6.15. The van der Waals surface area contributed by atoms with E-state index in [0.29, 0.717) is 30.0 Å². The Kier molecular flexibility index (Phi) is 4.76.